The van der Waals surface area contributed by atoms with Crippen molar-refractivity contribution in [3.63, 3.8) is 0 Å². The Kier molecular flexibility index (Phi) is 3.71. The predicted octanol–water partition coefficient (Wildman–Crippen LogP) is 7.31. The second kappa shape index (κ2) is 6.27. The molecule has 0 fully saturated rings. The number of ether oxygens (including phenoxy) is 1. The van der Waals surface area contributed by atoms with Crippen LogP contribution in [0.5, 0.6) is 11.5 Å². The number of hydrogen-bond donors (Lipinski definition) is 0. The molecule has 0 radical (unpaired) electrons. The quantitative estimate of drug-likeness (QED) is 0.205. The van der Waals surface area contributed by atoms with Crippen LogP contribution >= 0.6 is 0 Å². The zero-order chi connectivity index (χ0) is 21.4. The molecule has 5 aromatic rings. The number of nitrogens with zero attached hydrogens (tertiary/aromatic N) is 1. The summed E-state index contributed by atoms with van der Waals surface area (Å²) in [6, 6.07) is 17.8. The van der Waals surface area contributed by atoms with Gasteiger partial charge in [-0.2, -0.15) is 0 Å². The summed E-state index contributed by atoms with van der Waals surface area (Å²) in [4.78, 5) is 0. The maximum atomic E-state index is 14.9. The van der Waals surface area contributed by atoms with Crippen molar-refractivity contribution in [2.45, 2.75) is 26.7 Å². The highest BCUT2D eigenvalue weighted by molar-refractivity contribution is 6.16. The van der Waals surface area contributed by atoms with Crippen LogP contribution in [0.15, 0.2) is 60.8 Å². The first-order valence-electron chi connectivity index (χ1n) is 10.7. The van der Waals surface area contributed by atoms with E-state index in [2.05, 4.69) is 56.7 Å². The minimum atomic E-state index is -0.201. The van der Waals surface area contributed by atoms with Gasteiger partial charge in [-0.05, 0) is 46.7 Å². The average molecular weight is 408 g/mol. The largest absolute Gasteiger partial charge is 0.455 e. The molecule has 3 heteroatoms. The molecule has 0 atom stereocenters. The summed E-state index contributed by atoms with van der Waals surface area (Å²) >= 11 is 0. The van der Waals surface area contributed by atoms with E-state index in [0.717, 1.165) is 38.9 Å². The summed E-state index contributed by atoms with van der Waals surface area (Å²) in [6.45, 7) is 6.60. The van der Waals surface area contributed by atoms with Gasteiger partial charge in [0.25, 0.3) is 0 Å². The van der Waals surface area contributed by atoms with Gasteiger partial charge < -0.3 is 4.74 Å². The zero-order valence-corrected chi connectivity index (χ0v) is 18.1. The third kappa shape index (κ3) is 2.35. The van der Waals surface area contributed by atoms with Crippen LogP contribution in [0, 0.1) is 12.7 Å². The van der Waals surface area contributed by atoms with E-state index >= 15 is 0 Å². The van der Waals surface area contributed by atoms with Gasteiger partial charge in [0.15, 0.2) is 6.20 Å². The van der Waals surface area contributed by atoms with Gasteiger partial charge >= 0.3 is 0 Å². The molecule has 1 aliphatic heterocycles. The highest BCUT2D eigenvalue weighted by atomic mass is 19.1. The van der Waals surface area contributed by atoms with E-state index < -0.39 is 0 Å². The molecular weight excluding hydrogens is 385 g/mol. The Balaban J connectivity index is 1.88. The smallest absolute Gasteiger partial charge is 0.228 e. The molecule has 0 spiro atoms. The van der Waals surface area contributed by atoms with Gasteiger partial charge in [0, 0.05) is 22.4 Å². The van der Waals surface area contributed by atoms with Crippen molar-refractivity contribution in [2.75, 3.05) is 0 Å². The van der Waals surface area contributed by atoms with Crippen molar-refractivity contribution in [1.29, 1.82) is 0 Å². The fraction of sp³-hybridized carbons (Fsp3) is 0.179. The number of rotatable bonds is 1. The minimum Gasteiger partial charge on any atom is -0.455 e. The number of benzene rings is 4. The molecule has 0 amide bonds. The second-order valence-corrected chi connectivity index (χ2v) is 8.82. The van der Waals surface area contributed by atoms with Crippen LogP contribution in [-0.2, 0) is 7.05 Å². The van der Waals surface area contributed by atoms with Crippen molar-refractivity contribution in [2.24, 2.45) is 7.05 Å². The second-order valence-electron chi connectivity index (χ2n) is 8.82. The third-order valence-corrected chi connectivity index (χ3v) is 6.67. The van der Waals surface area contributed by atoms with E-state index in [0.29, 0.717) is 11.3 Å². The molecule has 31 heavy (non-hydrogen) atoms. The zero-order valence-electron chi connectivity index (χ0n) is 18.1. The first-order chi connectivity index (χ1) is 15.0. The SMILES string of the molecule is Cc1c2c(c(C(C)C)c3ccccc13)Oc1cc3cccc(F)c3c3cc[n+](C)c-2c13. The number of pyridine rings is 1. The van der Waals surface area contributed by atoms with E-state index in [1.54, 1.807) is 6.07 Å². The van der Waals surface area contributed by atoms with Crippen molar-refractivity contribution in [1.82, 2.24) is 0 Å². The predicted molar refractivity (Wildman–Crippen MR) is 124 cm³/mol. The van der Waals surface area contributed by atoms with Gasteiger partial charge in [-0.3, -0.25) is 0 Å². The molecule has 6 rings (SSSR count). The molecule has 0 aliphatic carbocycles. The summed E-state index contributed by atoms with van der Waals surface area (Å²) in [6.07, 6.45) is 2.03. The molecule has 1 aliphatic rings. The Bertz CT molecular complexity index is 1570. The van der Waals surface area contributed by atoms with Crippen LogP contribution in [0.1, 0.15) is 30.9 Å². The van der Waals surface area contributed by atoms with Crippen LogP contribution in [0.2, 0.25) is 0 Å². The topological polar surface area (TPSA) is 13.1 Å². The maximum absolute atomic E-state index is 14.9. The number of hydrogen-bond acceptors (Lipinski definition) is 1. The summed E-state index contributed by atoms with van der Waals surface area (Å²) in [5.41, 5.74) is 4.61. The monoisotopic (exact) mass is 408 g/mol. The molecule has 2 heterocycles. The average Bonchev–Trinajstić information content (AvgIpc) is 2.75. The number of fused-ring (bicyclic) bond motifs is 5. The fourth-order valence-corrected chi connectivity index (χ4v) is 5.33. The molecule has 0 unspecified atom stereocenters. The van der Waals surface area contributed by atoms with E-state index in [1.165, 1.54) is 28.0 Å². The van der Waals surface area contributed by atoms with Crippen molar-refractivity contribution < 1.29 is 13.7 Å². The first kappa shape index (κ1) is 18.3. The molecule has 0 N–H and O–H groups in total. The molecule has 1 aromatic heterocycles. The van der Waals surface area contributed by atoms with Crippen LogP contribution in [0.3, 0.4) is 0 Å². The summed E-state index contributed by atoms with van der Waals surface area (Å²) in [7, 11) is 2.06. The lowest BCUT2D eigenvalue weighted by Crippen LogP contribution is -2.32. The Morgan fingerprint density at radius 2 is 1.68 bits per heavy atom. The van der Waals surface area contributed by atoms with Crippen molar-refractivity contribution >= 4 is 32.3 Å². The van der Waals surface area contributed by atoms with Gasteiger partial charge in [0.1, 0.15) is 24.4 Å². The van der Waals surface area contributed by atoms with Crippen LogP contribution in [0.25, 0.3) is 43.6 Å². The molecule has 2 nitrogen and oxygen atoms in total. The maximum Gasteiger partial charge on any atom is 0.228 e. The lowest BCUT2D eigenvalue weighted by atomic mass is 9.85. The van der Waals surface area contributed by atoms with E-state index in [-0.39, 0.29) is 5.82 Å². The molecular formula is C28H23FNO+. The standard InChI is InChI=1S/C28H23FNO/c1-15(2)23-19-10-6-5-9-18(19)16(3)24-27-26-20(12-13-30(27)4)25-17(8-7-11-21(25)29)14-22(26)31-28(23)24/h5-15H,1-4H3/q+1. The summed E-state index contributed by atoms with van der Waals surface area (Å²) in [5.74, 6) is 1.82. The van der Waals surface area contributed by atoms with Crippen LogP contribution in [-0.4, -0.2) is 0 Å². The van der Waals surface area contributed by atoms with Gasteiger partial charge in [-0.1, -0.05) is 50.2 Å². The summed E-state index contributed by atoms with van der Waals surface area (Å²) in [5, 5.41) is 5.85. The molecule has 0 bridgehead atoms. The normalized spacial score (nSPS) is 12.6. The number of aryl methyl sites for hydroxylation is 2. The Morgan fingerprint density at radius 1 is 0.903 bits per heavy atom. The lowest BCUT2D eigenvalue weighted by molar-refractivity contribution is -0.659. The van der Waals surface area contributed by atoms with Crippen molar-refractivity contribution in [3.05, 3.63) is 77.7 Å². The first-order valence-corrected chi connectivity index (χ1v) is 10.7. The van der Waals surface area contributed by atoms with Gasteiger partial charge in [-0.15, -0.1) is 0 Å². The Morgan fingerprint density at radius 3 is 2.45 bits per heavy atom. The molecule has 0 saturated heterocycles. The number of aromatic nitrogens is 1. The van der Waals surface area contributed by atoms with Crippen LogP contribution in [0.4, 0.5) is 4.39 Å². The Labute approximate surface area is 180 Å². The van der Waals surface area contributed by atoms with Crippen molar-refractivity contribution in [3.8, 4) is 22.8 Å². The number of halogens is 1. The van der Waals surface area contributed by atoms with Gasteiger partial charge in [0.05, 0.1) is 10.9 Å². The van der Waals surface area contributed by atoms with E-state index in [4.69, 9.17) is 4.74 Å². The van der Waals surface area contributed by atoms with Crippen LogP contribution < -0.4 is 9.30 Å². The van der Waals surface area contributed by atoms with E-state index in [9.17, 15) is 4.39 Å². The lowest BCUT2D eigenvalue weighted by Gasteiger charge is -2.26. The highest BCUT2D eigenvalue weighted by Crippen LogP contribution is 2.53. The fourth-order valence-electron chi connectivity index (χ4n) is 5.33. The molecule has 4 aromatic carbocycles. The molecule has 152 valence electrons. The minimum absolute atomic E-state index is 0.201. The summed E-state index contributed by atoms with van der Waals surface area (Å²) < 4.78 is 23.8. The third-order valence-electron chi connectivity index (χ3n) is 6.67. The Hall–Kier alpha value is -3.46. The van der Waals surface area contributed by atoms with Gasteiger partial charge in [-0.25, -0.2) is 8.96 Å². The van der Waals surface area contributed by atoms with E-state index in [1.807, 2.05) is 24.4 Å². The van der Waals surface area contributed by atoms with Gasteiger partial charge in [0.2, 0.25) is 5.69 Å². The molecule has 0 saturated carbocycles. The highest BCUT2D eigenvalue weighted by Gasteiger charge is 2.34.